The topological polar surface area (TPSA) is 26.3 Å². The molecule has 0 aromatic rings. The fourth-order valence-electron chi connectivity index (χ4n) is 2.74. The van der Waals surface area contributed by atoms with Gasteiger partial charge in [-0.3, -0.25) is 4.79 Å². The molecule has 2 rings (SSSR count). The van der Waals surface area contributed by atoms with Gasteiger partial charge in [0.15, 0.2) is 5.78 Å². The number of carbonyl (C=O) groups is 1. The van der Waals surface area contributed by atoms with Crippen LogP contribution in [0.2, 0.25) is 18.1 Å². The first-order valence-electron chi connectivity index (χ1n) is 7.10. The average Bonchev–Trinajstić information content (AvgIpc) is 2.23. The Bertz CT molecular complexity index is 436. The van der Waals surface area contributed by atoms with Crippen LogP contribution in [0.1, 0.15) is 40.5 Å². The molecule has 3 atom stereocenters. The number of fused-ring (bicyclic) bond motifs is 1. The molecule has 0 aliphatic heterocycles. The van der Waals surface area contributed by atoms with Crippen molar-refractivity contribution in [3.8, 4) is 0 Å². The highest BCUT2D eigenvalue weighted by atomic mass is 79.9. The highest BCUT2D eigenvalue weighted by molar-refractivity contribution is 9.10. The van der Waals surface area contributed by atoms with Crippen LogP contribution in [0.4, 0.5) is 0 Å². The zero-order valence-corrected chi connectivity index (χ0v) is 15.4. The summed E-state index contributed by atoms with van der Waals surface area (Å²) < 4.78 is 6.12. The number of halogens is 1. The minimum Gasteiger partial charge on any atom is -0.547 e. The molecule has 2 aliphatic rings. The van der Waals surface area contributed by atoms with E-state index >= 15 is 0 Å². The van der Waals surface area contributed by atoms with E-state index in [4.69, 9.17) is 4.43 Å². The lowest BCUT2D eigenvalue weighted by molar-refractivity contribution is -0.133. The van der Waals surface area contributed by atoms with Gasteiger partial charge in [0.05, 0.1) is 10.1 Å². The predicted molar refractivity (Wildman–Crippen MR) is 84.9 cm³/mol. The minimum atomic E-state index is -1.76. The maximum Gasteiger partial charge on any atom is 0.250 e. The molecular formula is C15H25BrO2Si. The van der Waals surface area contributed by atoms with Gasteiger partial charge < -0.3 is 4.43 Å². The maximum atomic E-state index is 11.8. The zero-order chi connectivity index (χ0) is 14.6. The lowest BCUT2D eigenvalue weighted by Gasteiger charge is -2.50. The van der Waals surface area contributed by atoms with Crippen molar-refractivity contribution in [1.29, 1.82) is 0 Å². The fraction of sp³-hybridized carbons (Fsp3) is 0.800. The molecule has 0 unspecified atom stereocenters. The number of ketones is 1. The molecule has 2 nitrogen and oxygen atoms in total. The molecule has 0 N–H and O–H groups in total. The Kier molecular flexibility index (Phi) is 3.58. The average molecular weight is 345 g/mol. The molecule has 1 fully saturated rings. The summed E-state index contributed by atoms with van der Waals surface area (Å²) in [6.45, 7) is 13.4. The molecule has 0 spiro atoms. The highest BCUT2D eigenvalue weighted by Crippen LogP contribution is 2.54. The van der Waals surface area contributed by atoms with Crippen molar-refractivity contribution in [2.45, 2.75) is 63.0 Å². The third-order valence-corrected chi connectivity index (χ3v) is 11.4. The first kappa shape index (κ1) is 15.3. The third-order valence-electron chi connectivity index (χ3n) is 5.19. The summed E-state index contributed by atoms with van der Waals surface area (Å²) in [6.07, 6.45) is 3.78. The van der Waals surface area contributed by atoms with Gasteiger partial charge in [0, 0.05) is 18.8 Å². The number of Topliss-reactive ketones (excluding diaryl/α,β-unsaturated/α-hetero) is 1. The van der Waals surface area contributed by atoms with Gasteiger partial charge in [-0.25, -0.2) is 0 Å². The van der Waals surface area contributed by atoms with Crippen molar-refractivity contribution in [2.75, 3.05) is 0 Å². The van der Waals surface area contributed by atoms with Gasteiger partial charge in [-0.2, -0.15) is 0 Å². The summed E-state index contributed by atoms with van der Waals surface area (Å²) >= 11 is 3.68. The zero-order valence-electron chi connectivity index (χ0n) is 12.8. The minimum absolute atomic E-state index is 0.218. The van der Waals surface area contributed by atoms with Gasteiger partial charge in [0.1, 0.15) is 0 Å². The number of hydrogen-bond acceptors (Lipinski definition) is 2. The summed E-state index contributed by atoms with van der Waals surface area (Å²) in [4.78, 5) is 11.8. The standard InChI is InChI=1S/C15H25BrO2Si/c1-10-7-12(18-19(5,6)14(2,3)4)8-11-9-13(17)15(10,11)16/h7,10-11H,8-9H2,1-6H3/t10-,11-,15+/m0/s1. The van der Waals surface area contributed by atoms with E-state index < -0.39 is 8.32 Å². The van der Waals surface area contributed by atoms with Crippen LogP contribution in [0.5, 0.6) is 0 Å². The molecule has 0 aromatic carbocycles. The molecule has 1 saturated carbocycles. The first-order valence-corrected chi connectivity index (χ1v) is 10.8. The smallest absolute Gasteiger partial charge is 0.250 e. The van der Waals surface area contributed by atoms with E-state index in [0.717, 1.165) is 12.2 Å². The Labute approximate surface area is 126 Å². The molecule has 108 valence electrons. The molecule has 19 heavy (non-hydrogen) atoms. The van der Waals surface area contributed by atoms with Gasteiger partial charge >= 0.3 is 0 Å². The van der Waals surface area contributed by atoms with Gasteiger partial charge in [-0.1, -0.05) is 43.6 Å². The third kappa shape index (κ3) is 2.35. The van der Waals surface area contributed by atoms with Gasteiger partial charge in [0.2, 0.25) is 8.32 Å². The molecule has 0 amide bonds. The highest BCUT2D eigenvalue weighted by Gasteiger charge is 2.58. The van der Waals surface area contributed by atoms with Gasteiger partial charge in [0.25, 0.3) is 0 Å². The summed E-state index contributed by atoms with van der Waals surface area (Å²) in [5.74, 6) is 2.12. The SMILES string of the molecule is C[C@H]1C=C(O[Si](C)(C)C(C)(C)C)C[C@H]2CC(=O)[C@]21Br. The van der Waals surface area contributed by atoms with Gasteiger partial charge in [-0.05, 0) is 30.1 Å². The molecule has 0 saturated heterocycles. The number of alkyl halides is 1. The van der Waals surface area contributed by atoms with Crippen molar-refractivity contribution in [1.82, 2.24) is 0 Å². The lowest BCUT2D eigenvalue weighted by atomic mass is 9.62. The molecule has 4 heteroatoms. The van der Waals surface area contributed by atoms with Crippen LogP contribution in [0, 0.1) is 11.8 Å². The second-order valence-electron chi connectivity index (χ2n) is 7.58. The Morgan fingerprint density at radius 2 is 1.95 bits per heavy atom. The van der Waals surface area contributed by atoms with Gasteiger partial charge in [-0.15, -0.1) is 0 Å². The van der Waals surface area contributed by atoms with Crippen LogP contribution < -0.4 is 0 Å². The number of allylic oxidation sites excluding steroid dienone is 2. The molecular weight excluding hydrogens is 320 g/mol. The number of rotatable bonds is 2. The summed E-state index contributed by atoms with van der Waals surface area (Å²) in [5, 5.41) is 0.218. The van der Waals surface area contributed by atoms with E-state index in [9.17, 15) is 4.79 Å². The van der Waals surface area contributed by atoms with Crippen molar-refractivity contribution in [3.05, 3.63) is 11.8 Å². The van der Waals surface area contributed by atoms with E-state index in [1.54, 1.807) is 0 Å². The van der Waals surface area contributed by atoms with Crippen LogP contribution in [0.15, 0.2) is 11.8 Å². The van der Waals surface area contributed by atoms with E-state index in [-0.39, 0.29) is 15.3 Å². The number of carbonyl (C=O) groups excluding carboxylic acids is 1. The predicted octanol–water partition coefficient (Wildman–Crippen LogP) is 4.65. The maximum absolute atomic E-state index is 11.8. The van der Waals surface area contributed by atoms with Crippen LogP contribution in [0.3, 0.4) is 0 Å². The first-order chi connectivity index (χ1) is 8.48. The van der Waals surface area contributed by atoms with Crippen molar-refractivity contribution in [3.63, 3.8) is 0 Å². The number of hydrogen-bond donors (Lipinski definition) is 0. The van der Waals surface area contributed by atoms with E-state index in [1.165, 1.54) is 0 Å². The molecule has 2 aliphatic carbocycles. The second kappa shape index (κ2) is 4.45. The largest absolute Gasteiger partial charge is 0.547 e. The van der Waals surface area contributed by atoms with Crippen LogP contribution in [-0.4, -0.2) is 18.4 Å². The molecule has 0 radical (unpaired) electrons. The Hall–Kier alpha value is -0.0931. The molecule has 0 aromatic heterocycles. The van der Waals surface area contributed by atoms with Crippen LogP contribution >= 0.6 is 15.9 Å². The van der Waals surface area contributed by atoms with Crippen molar-refractivity contribution < 1.29 is 9.22 Å². The second-order valence-corrected chi connectivity index (χ2v) is 13.6. The summed E-state index contributed by atoms with van der Waals surface area (Å²) in [5.41, 5.74) is 0. The van der Waals surface area contributed by atoms with E-state index in [2.05, 4.69) is 62.8 Å². The van der Waals surface area contributed by atoms with Crippen LogP contribution in [-0.2, 0) is 9.22 Å². The summed E-state index contributed by atoms with van der Waals surface area (Å²) in [7, 11) is -1.76. The molecule has 0 bridgehead atoms. The summed E-state index contributed by atoms with van der Waals surface area (Å²) in [6, 6.07) is 0. The van der Waals surface area contributed by atoms with E-state index in [0.29, 0.717) is 18.1 Å². The van der Waals surface area contributed by atoms with Crippen LogP contribution in [0.25, 0.3) is 0 Å². The quantitative estimate of drug-likeness (QED) is 0.538. The van der Waals surface area contributed by atoms with E-state index in [1.807, 2.05) is 0 Å². The Morgan fingerprint density at radius 1 is 1.37 bits per heavy atom. The lowest BCUT2D eigenvalue weighted by Crippen LogP contribution is -2.57. The van der Waals surface area contributed by atoms with Crippen molar-refractivity contribution >= 4 is 30.0 Å². The molecule has 0 heterocycles. The monoisotopic (exact) mass is 344 g/mol. The Morgan fingerprint density at radius 3 is 2.37 bits per heavy atom. The fourth-order valence-corrected chi connectivity index (χ4v) is 4.47. The van der Waals surface area contributed by atoms with Crippen molar-refractivity contribution in [2.24, 2.45) is 11.8 Å². The normalized spacial score (nSPS) is 35.3. The Balaban J connectivity index is 2.17.